The smallest absolute Gasteiger partial charge is 0.224 e. The number of nitrogens with one attached hydrogen (secondary N) is 1. The minimum Gasteiger partial charge on any atom is -0.381 e. The van der Waals surface area contributed by atoms with Crippen LogP contribution in [0, 0.1) is 10.8 Å². The number of hydrogen-bond acceptors (Lipinski definition) is 3. The molecule has 7 heteroatoms. The first-order valence-corrected chi connectivity index (χ1v) is 7.22. The molecule has 6 nitrogen and oxygen atoms in total. The van der Waals surface area contributed by atoms with Crippen LogP contribution in [-0.4, -0.2) is 56.7 Å². The van der Waals surface area contributed by atoms with Gasteiger partial charge in [-0.1, -0.05) is 0 Å². The van der Waals surface area contributed by atoms with Crippen molar-refractivity contribution in [2.24, 2.45) is 21.6 Å². The van der Waals surface area contributed by atoms with Crippen LogP contribution in [0.5, 0.6) is 0 Å². The van der Waals surface area contributed by atoms with Crippen LogP contribution in [0.1, 0.15) is 26.7 Å². The molecule has 2 aliphatic rings. The zero-order valence-corrected chi connectivity index (χ0v) is 15.5. The molecule has 2 saturated heterocycles. The molecular weight excluding hydrogens is 383 g/mol. The normalized spacial score (nSPS) is 26.0. The first-order valence-electron chi connectivity index (χ1n) is 7.22. The molecule has 2 heterocycles. The molecule has 0 aromatic carbocycles. The zero-order chi connectivity index (χ0) is 14.8. The average Bonchev–Trinajstić information content (AvgIpc) is 3.01. The Hall–Kier alpha value is -0.570. The molecule has 2 fully saturated rings. The van der Waals surface area contributed by atoms with Crippen molar-refractivity contribution in [3.63, 3.8) is 0 Å². The monoisotopic (exact) mass is 410 g/mol. The van der Waals surface area contributed by atoms with E-state index >= 15 is 0 Å². The lowest BCUT2D eigenvalue weighted by molar-refractivity contribution is -0.125. The van der Waals surface area contributed by atoms with Gasteiger partial charge in [0, 0.05) is 38.7 Å². The summed E-state index contributed by atoms with van der Waals surface area (Å²) in [5, 5.41) is 3.27. The van der Waals surface area contributed by atoms with E-state index in [0.29, 0.717) is 12.0 Å². The van der Waals surface area contributed by atoms with Gasteiger partial charge in [-0.25, -0.2) is 0 Å². The second kappa shape index (κ2) is 7.13. The van der Waals surface area contributed by atoms with Crippen LogP contribution in [0.3, 0.4) is 0 Å². The molecule has 0 aromatic heterocycles. The van der Waals surface area contributed by atoms with Crippen LogP contribution >= 0.6 is 24.0 Å². The lowest BCUT2D eigenvalue weighted by Gasteiger charge is -2.28. The molecule has 1 amide bonds. The van der Waals surface area contributed by atoms with E-state index < -0.39 is 5.41 Å². The lowest BCUT2D eigenvalue weighted by atomic mass is 9.87. The van der Waals surface area contributed by atoms with Gasteiger partial charge in [0.15, 0.2) is 5.96 Å². The molecule has 0 aromatic rings. The first-order chi connectivity index (χ1) is 9.38. The molecule has 2 aliphatic heterocycles. The van der Waals surface area contributed by atoms with E-state index in [9.17, 15) is 4.79 Å². The fourth-order valence-electron chi connectivity index (χ4n) is 2.81. The number of amides is 1. The maximum Gasteiger partial charge on any atom is 0.224 e. The second-order valence-electron chi connectivity index (χ2n) is 6.62. The highest BCUT2D eigenvalue weighted by Gasteiger charge is 2.42. The molecule has 0 aliphatic carbocycles. The largest absolute Gasteiger partial charge is 0.381 e. The van der Waals surface area contributed by atoms with Crippen LogP contribution in [-0.2, 0) is 9.53 Å². The average molecular weight is 410 g/mol. The van der Waals surface area contributed by atoms with Crippen molar-refractivity contribution in [2.75, 3.05) is 39.9 Å². The molecule has 21 heavy (non-hydrogen) atoms. The van der Waals surface area contributed by atoms with Gasteiger partial charge in [-0.2, -0.15) is 0 Å². The Labute approximate surface area is 143 Å². The molecule has 1 unspecified atom stereocenters. The Morgan fingerprint density at radius 2 is 2.19 bits per heavy atom. The van der Waals surface area contributed by atoms with Crippen molar-refractivity contribution in [3.8, 4) is 0 Å². The molecule has 1 atom stereocenters. The number of nitrogens with two attached hydrogens (primary N) is 1. The van der Waals surface area contributed by atoms with E-state index in [0.717, 1.165) is 45.1 Å². The number of ether oxygens (including phenoxy) is 1. The highest BCUT2D eigenvalue weighted by molar-refractivity contribution is 14.0. The number of guanidine groups is 1. The highest BCUT2D eigenvalue weighted by atomic mass is 127. The van der Waals surface area contributed by atoms with Gasteiger partial charge in [0.1, 0.15) is 0 Å². The van der Waals surface area contributed by atoms with Gasteiger partial charge in [-0.05, 0) is 26.7 Å². The standard InChI is InChI=1S/C14H26N4O2.HI/c1-13(2,11(15)19)8-17-12(16-3)18-6-4-14(9-18)5-7-20-10-14;/h4-10H2,1-3H3,(H2,15,19)(H,16,17);1H. The van der Waals surface area contributed by atoms with Crippen molar-refractivity contribution in [2.45, 2.75) is 26.7 Å². The summed E-state index contributed by atoms with van der Waals surface area (Å²) >= 11 is 0. The van der Waals surface area contributed by atoms with Crippen LogP contribution < -0.4 is 11.1 Å². The van der Waals surface area contributed by atoms with E-state index in [1.165, 1.54) is 0 Å². The van der Waals surface area contributed by atoms with Gasteiger partial charge in [-0.15, -0.1) is 24.0 Å². The number of aliphatic imine (C=N–C) groups is 1. The second-order valence-corrected chi connectivity index (χ2v) is 6.62. The summed E-state index contributed by atoms with van der Waals surface area (Å²) in [5.74, 6) is 0.547. The molecular formula is C14H27IN4O2. The minimum atomic E-state index is -0.580. The van der Waals surface area contributed by atoms with Crippen LogP contribution in [0.2, 0.25) is 0 Å². The van der Waals surface area contributed by atoms with Crippen molar-refractivity contribution in [1.82, 2.24) is 10.2 Å². The maximum absolute atomic E-state index is 11.4. The third kappa shape index (κ3) is 4.21. The lowest BCUT2D eigenvalue weighted by Crippen LogP contribution is -2.47. The third-order valence-corrected chi connectivity index (χ3v) is 4.49. The van der Waals surface area contributed by atoms with E-state index in [1.54, 1.807) is 7.05 Å². The molecule has 1 spiro atoms. The molecule has 0 radical (unpaired) electrons. The summed E-state index contributed by atoms with van der Waals surface area (Å²) in [6.07, 6.45) is 2.28. The number of nitrogens with zero attached hydrogens (tertiary/aromatic N) is 2. The third-order valence-electron chi connectivity index (χ3n) is 4.49. The summed E-state index contributed by atoms with van der Waals surface area (Å²) in [5.41, 5.74) is 5.12. The van der Waals surface area contributed by atoms with Crippen LogP contribution in [0.15, 0.2) is 4.99 Å². The minimum absolute atomic E-state index is 0. The van der Waals surface area contributed by atoms with Crippen molar-refractivity contribution in [3.05, 3.63) is 0 Å². The van der Waals surface area contributed by atoms with Crippen LogP contribution in [0.4, 0.5) is 0 Å². The summed E-state index contributed by atoms with van der Waals surface area (Å²) in [6, 6.07) is 0. The van der Waals surface area contributed by atoms with Gasteiger partial charge < -0.3 is 20.7 Å². The van der Waals surface area contributed by atoms with Gasteiger partial charge in [0.2, 0.25) is 5.91 Å². The van der Waals surface area contributed by atoms with E-state index in [2.05, 4.69) is 15.2 Å². The Bertz CT molecular complexity index is 406. The van der Waals surface area contributed by atoms with Gasteiger partial charge in [0.05, 0.1) is 12.0 Å². The van der Waals surface area contributed by atoms with Gasteiger partial charge >= 0.3 is 0 Å². The van der Waals surface area contributed by atoms with E-state index in [-0.39, 0.29) is 29.9 Å². The fraction of sp³-hybridized carbons (Fsp3) is 0.857. The van der Waals surface area contributed by atoms with Crippen molar-refractivity contribution < 1.29 is 9.53 Å². The van der Waals surface area contributed by atoms with Gasteiger partial charge in [0.25, 0.3) is 0 Å². The van der Waals surface area contributed by atoms with Crippen molar-refractivity contribution in [1.29, 1.82) is 0 Å². The van der Waals surface area contributed by atoms with Crippen molar-refractivity contribution >= 4 is 35.8 Å². The number of likely N-dealkylation sites (tertiary alicyclic amines) is 1. The zero-order valence-electron chi connectivity index (χ0n) is 13.1. The molecule has 0 bridgehead atoms. The molecule has 122 valence electrons. The Morgan fingerprint density at radius 1 is 1.48 bits per heavy atom. The van der Waals surface area contributed by atoms with E-state index in [1.807, 2.05) is 13.8 Å². The number of halogens is 1. The SMILES string of the molecule is CN=C(NCC(C)(C)C(N)=O)N1CCC2(CCOC2)C1.I. The first kappa shape index (κ1) is 18.5. The number of carbonyl (C=O) groups excluding carboxylic acids is 1. The summed E-state index contributed by atoms with van der Waals surface area (Å²) in [4.78, 5) is 17.9. The topological polar surface area (TPSA) is 79.9 Å². The maximum atomic E-state index is 11.4. The highest BCUT2D eigenvalue weighted by Crippen LogP contribution is 2.38. The van der Waals surface area contributed by atoms with Gasteiger partial charge in [-0.3, -0.25) is 9.79 Å². The summed E-state index contributed by atoms with van der Waals surface area (Å²) < 4.78 is 5.54. The van der Waals surface area contributed by atoms with Crippen LogP contribution in [0.25, 0.3) is 0 Å². The fourth-order valence-corrected chi connectivity index (χ4v) is 2.81. The predicted octanol–water partition coefficient (Wildman–Crippen LogP) is 0.804. The number of hydrogen-bond donors (Lipinski definition) is 2. The Morgan fingerprint density at radius 3 is 2.71 bits per heavy atom. The number of carbonyl (C=O) groups is 1. The molecule has 0 saturated carbocycles. The summed E-state index contributed by atoms with van der Waals surface area (Å²) in [7, 11) is 1.77. The quantitative estimate of drug-likeness (QED) is 0.410. The summed E-state index contributed by atoms with van der Waals surface area (Å²) in [6.45, 7) is 7.86. The number of rotatable bonds is 3. The Balaban J connectivity index is 0.00000220. The molecule has 3 N–H and O–H groups in total. The predicted molar refractivity (Wildman–Crippen MR) is 93.8 cm³/mol. The number of primary amides is 1. The molecule has 2 rings (SSSR count). The van der Waals surface area contributed by atoms with E-state index in [4.69, 9.17) is 10.5 Å². The Kier molecular flexibility index (Phi) is 6.27.